The number of methoxy groups -OCH3 is 1. The number of aromatic nitrogens is 2. The summed E-state index contributed by atoms with van der Waals surface area (Å²) in [6.07, 6.45) is 0.845. The van der Waals surface area contributed by atoms with Crippen molar-refractivity contribution in [2.24, 2.45) is 22.2 Å². The number of anilines is 1. The molecule has 0 bridgehead atoms. The van der Waals surface area contributed by atoms with Gasteiger partial charge >= 0.3 is 0 Å². The first kappa shape index (κ1) is 30.9. The molecule has 45 heavy (non-hydrogen) atoms. The van der Waals surface area contributed by atoms with Gasteiger partial charge in [0.05, 0.1) is 18.1 Å². The molecule has 0 spiro atoms. The molecule has 230 valence electrons. The molecule has 0 aliphatic carbocycles. The van der Waals surface area contributed by atoms with Crippen LogP contribution in [-0.4, -0.2) is 41.0 Å². The molecule has 0 saturated carbocycles. The highest BCUT2D eigenvalue weighted by molar-refractivity contribution is 6.30. The van der Waals surface area contributed by atoms with Crippen molar-refractivity contribution in [2.75, 3.05) is 19.0 Å². The third-order valence-corrected chi connectivity index (χ3v) is 7.26. The molecule has 0 saturated heterocycles. The van der Waals surface area contributed by atoms with Gasteiger partial charge in [0.1, 0.15) is 29.1 Å². The first-order chi connectivity index (χ1) is 21.7. The fraction of sp³-hybridized carbons (Fsp3) is 0.152. The van der Waals surface area contributed by atoms with Crippen molar-refractivity contribution in [3.05, 3.63) is 102 Å². The van der Waals surface area contributed by atoms with Crippen LogP contribution in [0.4, 0.5) is 5.69 Å². The lowest BCUT2D eigenvalue weighted by Crippen LogP contribution is -2.27. The monoisotopic (exact) mass is 625 g/mol. The third-order valence-electron chi connectivity index (χ3n) is 7.01. The topological polar surface area (TPSA) is 173 Å². The summed E-state index contributed by atoms with van der Waals surface area (Å²) in [5, 5.41) is 3.48. The van der Waals surface area contributed by atoms with E-state index in [-0.39, 0.29) is 11.9 Å². The summed E-state index contributed by atoms with van der Waals surface area (Å²) in [6, 6.07) is 25.7. The van der Waals surface area contributed by atoms with Crippen molar-refractivity contribution in [1.29, 1.82) is 0 Å². The summed E-state index contributed by atoms with van der Waals surface area (Å²) in [6.45, 7) is 0.328. The number of hydrogen-bond acceptors (Lipinski definition) is 6. The maximum atomic E-state index is 13.2. The molecule has 1 heterocycles. The fourth-order valence-electron chi connectivity index (χ4n) is 4.87. The number of halogens is 1. The van der Waals surface area contributed by atoms with E-state index in [9.17, 15) is 9.59 Å². The lowest BCUT2D eigenvalue weighted by molar-refractivity contribution is -0.121. The second kappa shape index (κ2) is 13.8. The zero-order valence-electron chi connectivity index (χ0n) is 24.4. The number of nitrogens with one attached hydrogen (secondary N) is 1. The first-order valence-electron chi connectivity index (χ1n) is 14.1. The minimum atomic E-state index is -0.779. The van der Waals surface area contributed by atoms with Crippen LogP contribution in [0.5, 0.6) is 17.2 Å². The van der Waals surface area contributed by atoms with Crippen LogP contribution in [-0.2, 0) is 4.79 Å². The van der Waals surface area contributed by atoms with Crippen LogP contribution in [0.25, 0.3) is 22.4 Å². The number of hydrogen-bond donors (Lipinski definition) is 4. The zero-order valence-corrected chi connectivity index (χ0v) is 25.2. The Balaban J connectivity index is 1.54. The quantitative estimate of drug-likeness (QED) is 0.0805. The van der Waals surface area contributed by atoms with Crippen LogP contribution in [0.3, 0.4) is 0 Å². The molecule has 0 aliphatic heterocycles. The Morgan fingerprint density at radius 3 is 2.36 bits per heavy atom. The summed E-state index contributed by atoms with van der Waals surface area (Å²) in [5.41, 5.74) is 19.7. The summed E-state index contributed by atoms with van der Waals surface area (Å²) in [4.78, 5) is 35.0. The minimum Gasteiger partial charge on any atom is -0.497 e. The van der Waals surface area contributed by atoms with E-state index in [0.717, 1.165) is 0 Å². The van der Waals surface area contributed by atoms with E-state index in [4.69, 9.17) is 43.3 Å². The number of amides is 2. The van der Waals surface area contributed by atoms with Gasteiger partial charge in [-0.2, -0.15) is 0 Å². The highest BCUT2D eigenvalue weighted by atomic mass is 35.5. The molecule has 4 aromatic carbocycles. The molecular formula is C33H32ClN7O4. The van der Waals surface area contributed by atoms with E-state index in [1.54, 1.807) is 78.4 Å². The van der Waals surface area contributed by atoms with Crippen molar-refractivity contribution >= 4 is 46.1 Å². The Hall–Kier alpha value is -5.55. The maximum absolute atomic E-state index is 13.2. The second-order valence-electron chi connectivity index (χ2n) is 10.1. The number of guanidine groups is 1. The van der Waals surface area contributed by atoms with Crippen LogP contribution in [0.1, 0.15) is 29.2 Å². The molecule has 7 N–H and O–H groups in total. The number of carbonyl (C=O) groups is 2. The highest BCUT2D eigenvalue weighted by Gasteiger charge is 2.25. The number of nitrogens with two attached hydrogens (primary N) is 3. The lowest BCUT2D eigenvalue weighted by Gasteiger charge is -2.19. The molecule has 2 amide bonds. The third kappa shape index (κ3) is 7.51. The highest BCUT2D eigenvalue weighted by Crippen LogP contribution is 2.34. The number of carbonyl (C=O) groups excluding carboxylic acids is 2. The SMILES string of the molecule is COc1ccc(NC(=O)c2ccc3c(c2)nc(-c2cccc(Oc4ccc(Cl)cc4)c2)n3[C@H](CCCN=C(N)N)C(N)=O)cc1. The average molecular weight is 626 g/mol. The number of fused-ring (bicyclic) bond motifs is 1. The fourth-order valence-corrected chi connectivity index (χ4v) is 4.99. The van der Waals surface area contributed by atoms with Crippen molar-refractivity contribution in [3.8, 4) is 28.6 Å². The molecule has 12 heteroatoms. The molecular weight excluding hydrogens is 594 g/mol. The van der Waals surface area contributed by atoms with Gasteiger partial charge in [-0.1, -0.05) is 23.7 Å². The van der Waals surface area contributed by atoms with Crippen LogP contribution in [0.15, 0.2) is 96.0 Å². The number of ether oxygens (including phenoxy) is 2. The number of nitrogens with zero attached hydrogens (tertiary/aromatic N) is 3. The molecule has 5 aromatic rings. The lowest BCUT2D eigenvalue weighted by atomic mass is 10.1. The number of rotatable bonds is 12. The van der Waals surface area contributed by atoms with E-state index in [1.807, 2.05) is 24.3 Å². The van der Waals surface area contributed by atoms with Crippen molar-refractivity contribution < 1.29 is 19.1 Å². The molecule has 11 nitrogen and oxygen atoms in total. The van der Waals surface area contributed by atoms with E-state index in [0.29, 0.717) is 75.3 Å². The van der Waals surface area contributed by atoms with Crippen molar-refractivity contribution in [1.82, 2.24) is 9.55 Å². The molecule has 0 fully saturated rings. The molecule has 0 unspecified atom stereocenters. The predicted molar refractivity (Wildman–Crippen MR) is 176 cm³/mol. The number of imidazole rings is 1. The summed E-state index contributed by atoms with van der Waals surface area (Å²) < 4.78 is 13.0. The Kier molecular flexibility index (Phi) is 9.49. The van der Waals surface area contributed by atoms with Crippen molar-refractivity contribution in [3.63, 3.8) is 0 Å². The maximum Gasteiger partial charge on any atom is 0.255 e. The van der Waals surface area contributed by atoms with Gasteiger partial charge in [-0.05, 0) is 91.7 Å². The van der Waals surface area contributed by atoms with Gasteiger partial charge in [0.2, 0.25) is 5.91 Å². The Labute approximate surface area is 264 Å². The van der Waals surface area contributed by atoms with Crippen LogP contribution in [0, 0.1) is 0 Å². The van der Waals surface area contributed by atoms with Gasteiger partial charge in [0.15, 0.2) is 5.96 Å². The smallest absolute Gasteiger partial charge is 0.255 e. The zero-order chi connectivity index (χ0) is 31.9. The van der Waals surface area contributed by atoms with Crippen LogP contribution in [0.2, 0.25) is 5.02 Å². The van der Waals surface area contributed by atoms with Crippen molar-refractivity contribution in [2.45, 2.75) is 18.9 Å². The van der Waals surface area contributed by atoms with Gasteiger partial charge in [-0.25, -0.2) is 4.98 Å². The first-order valence-corrected chi connectivity index (χ1v) is 14.5. The Bertz CT molecular complexity index is 1850. The molecule has 0 radical (unpaired) electrons. The van der Waals surface area contributed by atoms with E-state index in [1.165, 1.54) is 0 Å². The number of aliphatic imine (C=N–C) groups is 1. The Morgan fingerprint density at radius 1 is 0.933 bits per heavy atom. The normalized spacial score (nSPS) is 11.5. The molecule has 1 aromatic heterocycles. The van der Waals surface area contributed by atoms with Crippen LogP contribution < -0.4 is 32.0 Å². The van der Waals surface area contributed by atoms with Gasteiger partial charge in [0, 0.05) is 28.4 Å². The van der Waals surface area contributed by atoms with Gasteiger partial charge in [-0.3, -0.25) is 14.6 Å². The standard InChI is InChI=1S/C33H32ClN7O4/c1-44-24-14-10-23(11-15-24)39-32(43)21-7-16-28-27(19-21)40-31(41(28)29(30(35)42)6-3-17-38-33(36)37)20-4-2-5-26(18-20)45-25-12-8-22(34)9-13-25/h2,4-5,7-16,18-19,29H,3,6,17H2,1H3,(H2,35,42)(H,39,43)(H4,36,37,38)/t29-/m1/s1. The Morgan fingerprint density at radius 2 is 1.67 bits per heavy atom. The summed E-state index contributed by atoms with van der Waals surface area (Å²) in [7, 11) is 1.58. The molecule has 0 aliphatic rings. The number of primary amides is 1. The summed E-state index contributed by atoms with van der Waals surface area (Å²) >= 11 is 6.02. The predicted octanol–water partition coefficient (Wildman–Crippen LogP) is 5.49. The largest absolute Gasteiger partial charge is 0.497 e. The van der Waals surface area contributed by atoms with Crippen LogP contribution >= 0.6 is 11.6 Å². The van der Waals surface area contributed by atoms with Gasteiger partial charge in [0.25, 0.3) is 5.91 Å². The molecule has 1 atom stereocenters. The second-order valence-corrected chi connectivity index (χ2v) is 10.6. The average Bonchev–Trinajstić information content (AvgIpc) is 3.41. The van der Waals surface area contributed by atoms with Gasteiger partial charge < -0.3 is 36.6 Å². The minimum absolute atomic E-state index is 0.0302. The molecule has 5 rings (SSSR count). The number of benzene rings is 4. The summed E-state index contributed by atoms with van der Waals surface area (Å²) in [5.74, 6) is 1.42. The van der Waals surface area contributed by atoms with E-state index >= 15 is 0 Å². The van der Waals surface area contributed by atoms with E-state index in [2.05, 4.69) is 10.3 Å². The van der Waals surface area contributed by atoms with E-state index < -0.39 is 11.9 Å². The van der Waals surface area contributed by atoms with Gasteiger partial charge in [-0.15, -0.1) is 0 Å².